The van der Waals surface area contributed by atoms with Crippen molar-refractivity contribution in [3.63, 3.8) is 0 Å². The van der Waals surface area contributed by atoms with Crippen LogP contribution in [0.5, 0.6) is 0 Å². The van der Waals surface area contributed by atoms with E-state index in [1.54, 1.807) is 24.3 Å². The molecule has 1 aromatic heterocycles. The minimum atomic E-state index is -4.40. The van der Waals surface area contributed by atoms with Crippen LogP contribution in [0.4, 0.5) is 18.9 Å². The van der Waals surface area contributed by atoms with Gasteiger partial charge < -0.3 is 15.2 Å². The van der Waals surface area contributed by atoms with E-state index in [-0.39, 0.29) is 23.0 Å². The van der Waals surface area contributed by atoms with Crippen LogP contribution in [0.25, 0.3) is 22.2 Å². The van der Waals surface area contributed by atoms with Crippen LogP contribution in [0.1, 0.15) is 49.2 Å². The molecule has 0 bridgehead atoms. The number of anilines is 1. The van der Waals surface area contributed by atoms with Crippen molar-refractivity contribution in [1.82, 2.24) is 9.88 Å². The van der Waals surface area contributed by atoms with Crippen molar-refractivity contribution < 1.29 is 22.8 Å². The molecular formula is C30H29ClF3N3O2. The minimum absolute atomic E-state index is 0.105. The first-order valence-corrected chi connectivity index (χ1v) is 12.8. The van der Waals surface area contributed by atoms with E-state index in [0.29, 0.717) is 17.8 Å². The van der Waals surface area contributed by atoms with E-state index in [9.17, 15) is 22.8 Å². The van der Waals surface area contributed by atoms with Gasteiger partial charge in [-0.2, -0.15) is 13.2 Å². The quantitative estimate of drug-likeness (QED) is 0.254. The van der Waals surface area contributed by atoms with Crippen molar-refractivity contribution in [2.24, 2.45) is 5.41 Å². The van der Waals surface area contributed by atoms with Gasteiger partial charge in [-0.15, -0.1) is 0 Å². The maximum Gasteiger partial charge on any atom is 0.416 e. The van der Waals surface area contributed by atoms with Crippen LogP contribution in [0.2, 0.25) is 5.02 Å². The second-order valence-electron chi connectivity index (χ2n) is 10.3. The molecule has 0 fully saturated rings. The number of hydrogen-bond acceptors (Lipinski definition) is 2. The average molecular weight is 556 g/mol. The number of nitrogens with one attached hydrogen (secondary N) is 2. The van der Waals surface area contributed by atoms with Gasteiger partial charge in [-0.05, 0) is 66.6 Å². The van der Waals surface area contributed by atoms with Crippen molar-refractivity contribution in [2.75, 3.05) is 5.32 Å². The molecule has 0 unspecified atom stereocenters. The van der Waals surface area contributed by atoms with Crippen LogP contribution in [0, 0.1) is 5.41 Å². The zero-order valence-electron chi connectivity index (χ0n) is 22.0. The molecule has 0 radical (unpaired) electrons. The number of hydrogen-bond donors (Lipinski definition) is 2. The zero-order valence-corrected chi connectivity index (χ0v) is 22.8. The molecule has 3 aromatic carbocycles. The number of halogens is 4. The number of benzene rings is 3. The molecule has 0 atom stereocenters. The van der Waals surface area contributed by atoms with Gasteiger partial charge in [-0.1, -0.05) is 50.6 Å². The molecule has 2 N–H and O–H groups in total. The van der Waals surface area contributed by atoms with E-state index in [1.807, 2.05) is 50.5 Å². The first kappa shape index (κ1) is 28.2. The molecule has 1 heterocycles. The van der Waals surface area contributed by atoms with E-state index < -0.39 is 23.1 Å². The van der Waals surface area contributed by atoms with E-state index in [1.165, 1.54) is 12.1 Å². The molecule has 5 nitrogen and oxygen atoms in total. The third-order valence-electron chi connectivity index (χ3n) is 6.39. The summed E-state index contributed by atoms with van der Waals surface area (Å²) in [7, 11) is 0. The van der Waals surface area contributed by atoms with Gasteiger partial charge in [0.1, 0.15) is 0 Å². The van der Waals surface area contributed by atoms with Crippen LogP contribution in [-0.4, -0.2) is 16.4 Å². The molecule has 0 aliphatic rings. The summed E-state index contributed by atoms with van der Waals surface area (Å²) in [5.41, 5.74) is 2.65. The van der Waals surface area contributed by atoms with Gasteiger partial charge in [-0.3, -0.25) is 9.59 Å². The van der Waals surface area contributed by atoms with E-state index >= 15 is 0 Å². The predicted octanol–water partition coefficient (Wildman–Crippen LogP) is 7.92. The molecule has 0 saturated heterocycles. The third-order valence-corrected chi connectivity index (χ3v) is 6.72. The molecule has 2 amide bonds. The van der Waals surface area contributed by atoms with Crippen LogP contribution in [-0.2, 0) is 24.1 Å². The number of carbonyl (C=O) groups is 2. The fourth-order valence-corrected chi connectivity index (χ4v) is 4.46. The lowest BCUT2D eigenvalue weighted by atomic mass is 9.95. The van der Waals surface area contributed by atoms with Gasteiger partial charge in [-0.25, -0.2) is 0 Å². The lowest BCUT2D eigenvalue weighted by Gasteiger charge is -2.18. The summed E-state index contributed by atoms with van der Waals surface area (Å²) in [6.07, 6.45) is -4.40. The predicted molar refractivity (Wildman–Crippen MR) is 149 cm³/mol. The first-order chi connectivity index (χ1) is 18.3. The molecule has 0 saturated carbocycles. The smallest absolute Gasteiger partial charge is 0.352 e. The highest BCUT2D eigenvalue weighted by atomic mass is 35.5. The van der Waals surface area contributed by atoms with Crippen LogP contribution in [0.3, 0.4) is 0 Å². The molecule has 204 valence electrons. The summed E-state index contributed by atoms with van der Waals surface area (Å²) >= 11 is 6.32. The number of aryl methyl sites for hydroxylation is 1. The Morgan fingerprint density at radius 2 is 1.62 bits per heavy atom. The number of aromatic nitrogens is 1. The number of amides is 2. The second-order valence-corrected chi connectivity index (χ2v) is 10.7. The maximum atomic E-state index is 13.1. The largest absolute Gasteiger partial charge is 0.416 e. The van der Waals surface area contributed by atoms with E-state index in [4.69, 9.17) is 11.6 Å². The second kappa shape index (κ2) is 10.8. The minimum Gasteiger partial charge on any atom is -0.352 e. The number of rotatable bonds is 6. The number of alkyl halides is 3. The van der Waals surface area contributed by atoms with Crippen LogP contribution in [0.15, 0.2) is 66.7 Å². The lowest BCUT2D eigenvalue weighted by molar-refractivity contribution is -0.137. The van der Waals surface area contributed by atoms with Crippen LogP contribution < -0.4 is 10.6 Å². The summed E-state index contributed by atoms with van der Waals surface area (Å²) in [6, 6.07) is 17.4. The topological polar surface area (TPSA) is 63.1 Å². The van der Waals surface area contributed by atoms with E-state index in [2.05, 4.69) is 10.6 Å². The molecule has 4 aromatic rings. The maximum absolute atomic E-state index is 13.1. The Labute approximate surface area is 230 Å². The molecule has 0 aliphatic heterocycles. The SMILES string of the molecule is CCn1c(-c2ccc(C(F)(F)F)cc2)cc2cc(NC(=O)c3cc(CNC(=O)C(C)(C)C)ccc3Cl)ccc21. The molecular weight excluding hydrogens is 527 g/mol. The highest BCUT2D eigenvalue weighted by molar-refractivity contribution is 6.34. The first-order valence-electron chi connectivity index (χ1n) is 12.5. The van der Waals surface area contributed by atoms with Gasteiger partial charge in [0.05, 0.1) is 16.1 Å². The van der Waals surface area contributed by atoms with Gasteiger partial charge in [0.15, 0.2) is 0 Å². The summed E-state index contributed by atoms with van der Waals surface area (Å²) in [5.74, 6) is -0.507. The van der Waals surface area contributed by atoms with Crippen molar-refractivity contribution in [2.45, 2.75) is 47.0 Å². The molecule has 39 heavy (non-hydrogen) atoms. The monoisotopic (exact) mass is 555 g/mol. The molecule has 0 spiro atoms. The molecule has 4 rings (SSSR count). The van der Waals surface area contributed by atoms with Gasteiger partial charge >= 0.3 is 6.18 Å². The number of nitrogens with zero attached hydrogens (tertiary/aromatic N) is 1. The normalized spacial score (nSPS) is 12.0. The van der Waals surface area contributed by atoms with Crippen molar-refractivity contribution in [3.05, 3.63) is 88.4 Å². The lowest BCUT2D eigenvalue weighted by Crippen LogP contribution is -2.34. The van der Waals surface area contributed by atoms with E-state index in [0.717, 1.165) is 34.3 Å². The summed E-state index contributed by atoms with van der Waals surface area (Å²) in [5, 5.41) is 6.84. The van der Waals surface area contributed by atoms with Crippen molar-refractivity contribution in [1.29, 1.82) is 0 Å². The van der Waals surface area contributed by atoms with Crippen LogP contribution >= 0.6 is 11.6 Å². The highest BCUT2D eigenvalue weighted by Crippen LogP contribution is 2.34. The Balaban J connectivity index is 1.57. The third kappa shape index (κ3) is 6.28. The molecule has 0 aliphatic carbocycles. The fraction of sp³-hybridized carbons (Fsp3) is 0.267. The van der Waals surface area contributed by atoms with Crippen molar-refractivity contribution >= 4 is 40.0 Å². The Morgan fingerprint density at radius 3 is 2.23 bits per heavy atom. The Kier molecular flexibility index (Phi) is 7.80. The zero-order chi connectivity index (χ0) is 28.5. The summed E-state index contributed by atoms with van der Waals surface area (Å²) in [4.78, 5) is 25.3. The average Bonchev–Trinajstić information content (AvgIpc) is 3.24. The number of fused-ring (bicyclic) bond motifs is 1. The number of carbonyl (C=O) groups excluding carboxylic acids is 2. The summed E-state index contributed by atoms with van der Waals surface area (Å²) in [6.45, 7) is 8.29. The Hall–Kier alpha value is -3.78. The Morgan fingerprint density at radius 1 is 0.923 bits per heavy atom. The van der Waals surface area contributed by atoms with Gasteiger partial charge in [0, 0.05) is 40.8 Å². The molecule has 9 heteroatoms. The van der Waals surface area contributed by atoms with Crippen molar-refractivity contribution in [3.8, 4) is 11.3 Å². The Bertz CT molecular complexity index is 1530. The fourth-order valence-electron chi connectivity index (χ4n) is 4.26. The highest BCUT2D eigenvalue weighted by Gasteiger charge is 2.30. The standard InChI is InChI=1S/C30H29ClF3N3O2/c1-5-37-25-13-11-22(15-20(25)16-26(37)19-7-9-21(10-8-19)30(32,33)34)36-27(38)23-14-18(6-12-24(23)31)17-35-28(39)29(2,3)4/h6-16H,5,17H2,1-4H3,(H,35,39)(H,36,38). The van der Waals surface area contributed by atoms with Gasteiger partial charge in [0.2, 0.25) is 5.91 Å². The summed E-state index contributed by atoms with van der Waals surface area (Å²) < 4.78 is 41.0. The van der Waals surface area contributed by atoms with Gasteiger partial charge in [0.25, 0.3) is 5.91 Å².